The Bertz CT molecular complexity index is 668. The number of H-pyrrole nitrogens is 1. The molecule has 0 aromatic carbocycles. The van der Waals surface area contributed by atoms with Gasteiger partial charge in [0.05, 0.1) is 13.2 Å². The molecule has 1 aliphatic rings. The number of carbonyl (C=O) groups is 1. The van der Waals surface area contributed by atoms with Crippen LogP contribution in [0.2, 0.25) is 0 Å². The molecule has 2 N–H and O–H groups in total. The Morgan fingerprint density at radius 2 is 2.35 bits per heavy atom. The molecule has 0 radical (unpaired) electrons. The Hall–Kier alpha value is -2.25. The van der Waals surface area contributed by atoms with E-state index >= 15 is 0 Å². The number of hydrogen-bond donors (Lipinski definition) is 2. The molecule has 0 aliphatic carbocycles. The second-order valence-electron chi connectivity index (χ2n) is 5.74. The molecular formula is C16H20N4O3. The molecule has 7 heteroatoms. The number of methoxy groups -OCH3 is 1. The molecule has 1 fully saturated rings. The van der Waals surface area contributed by atoms with Gasteiger partial charge in [0.15, 0.2) is 5.82 Å². The van der Waals surface area contributed by atoms with Crippen molar-refractivity contribution in [3.8, 4) is 11.5 Å². The van der Waals surface area contributed by atoms with Crippen molar-refractivity contribution in [3.05, 3.63) is 36.3 Å². The summed E-state index contributed by atoms with van der Waals surface area (Å²) in [5.41, 5.74) is 0.513. The lowest BCUT2D eigenvalue weighted by Crippen LogP contribution is -2.53. The van der Waals surface area contributed by atoms with E-state index in [4.69, 9.17) is 4.74 Å². The minimum Gasteiger partial charge on any atom is -0.393 e. The number of nitrogens with one attached hydrogen (secondary N) is 1. The maximum absolute atomic E-state index is 12.8. The number of likely N-dealkylation sites (tertiary alicyclic amines) is 1. The number of carbonyl (C=O) groups excluding carboxylic acids is 1. The summed E-state index contributed by atoms with van der Waals surface area (Å²) in [5.74, 6) is 0.537. The molecule has 3 heterocycles. The summed E-state index contributed by atoms with van der Waals surface area (Å²) in [4.78, 5) is 25.9. The number of nitrogens with zero attached hydrogens (tertiary/aromatic N) is 3. The highest BCUT2D eigenvalue weighted by Gasteiger charge is 2.37. The number of piperidine rings is 1. The van der Waals surface area contributed by atoms with Crippen LogP contribution >= 0.6 is 0 Å². The van der Waals surface area contributed by atoms with Crippen molar-refractivity contribution in [2.24, 2.45) is 0 Å². The van der Waals surface area contributed by atoms with E-state index in [0.717, 1.165) is 12.8 Å². The number of rotatable bonds is 4. The SMILES string of the molecule is COC1(CO)CCCN(C(=O)c2ccnc(-c3ncc[nH]3)c2)C1. The average molecular weight is 316 g/mol. The largest absolute Gasteiger partial charge is 0.393 e. The Morgan fingerprint density at radius 1 is 1.48 bits per heavy atom. The normalized spacial score (nSPS) is 21.4. The molecule has 0 spiro atoms. The third-order valence-electron chi connectivity index (χ3n) is 4.30. The molecular weight excluding hydrogens is 296 g/mol. The van der Waals surface area contributed by atoms with Crippen molar-refractivity contribution < 1.29 is 14.6 Å². The van der Waals surface area contributed by atoms with E-state index in [1.807, 2.05) is 0 Å². The van der Waals surface area contributed by atoms with Gasteiger partial charge in [-0.05, 0) is 25.0 Å². The predicted molar refractivity (Wildman–Crippen MR) is 83.8 cm³/mol. The molecule has 3 rings (SSSR count). The second-order valence-corrected chi connectivity index (χ2v) is 5.74. The van der Waals surface area contributed by atoms with Crippen LogP contribution in [0.1, 0.15) is 23.2 Å². The summed E-state index contributed by atoms with van der Waals surface area (Å²) < 4.78 is 5.46. The van der Waals surface area contributed by atoms with E-state index < -0.39 is 5.60 Å². The fourth-order valence-corrected chi connectivity index (χ4v) is 2.91. The van der Waals surface area contributed by atoms with Crippen LogP contribution in [0.5, 0.6) is 0 Å². The van der Waals surface area contributed by atoms with Gasteiger partial charge in [-0.2, -0.15) is 0 Å². The molecule has 0 bridgehead atoms. The van der Waals surface area contributed by atoms with Crippen LogP contribution in [0.15, 0.2) is 30.7 Å². The lowest BCUT2D eigenvalue weighted by atomic mass is 9.93. The summed E-state index contributed by atoms with van der Waals surface area (Å²) in [5, 5.41) is 9.60. The zero-order valence-corrected chi connectivity index (χ0v) is 13.0. The van der Waals surface area contributed by atoms with E-state index in [2.05, 4.69) is 15.0 Å². The lowest BCUT2D eigenvalue weighted by Gasteiger charge is -2.40. The van der Waals surface area contributed by atoms with Crippen LogP contribution in [-0.2, 0) is 4.74 Å². The van der Waals surface area contributed by atoms with Crippen molar-refractivity contribution in [3.63, 3.8) is 0 Å². The molecule has 2 aromatic rings. The smallest absolute Gasteiger partial charge is 0.254 e. The summed E-state index contributed by atoms with van der Waals surface area (Å²) in [6.45, 7) is 0.945. The van der Waals surface area contributed by atoms with Gasteiger partial charge >= 0.3 is 0 Å². The second kappa shape index (κ2) is 6.47. The number of hydrogen-bond acceptors (Lipinski definition) is 5. The number of aromatic amines is 1. The van der Waals surface area contributed by atoms with Crippen LogP contribution in [0.3, 0.4) is 0 Å². The molecule has 1 saturated heterocycles. The third-order valence-corrected chi connectivity index (χ3v) is 4.30. The van der Waals surface area contributed by atoms with Crippen molar-refractivity contribution in [2.45, 2.75) is 18.4 Å². The zero-order valence-electron chi connectivity index (χ0n) is 13.0. The van der Waals surface area contributed by atoms with E-state index in [9.17, 15) is 9.90 Å². The van der Waals surface area contributed by atoms with Gasteiger partial charge in [0.1, 0.15) is 11.3 Å². The van der Waals surface area contributed by atoms with Gasteiger partial charge in [-0.25, -0.2) is 4.98 Å². The quantitative estimate of drug-likeness (QED) is 0.881. The van der Waals surface area contributed by atoms with Gasteiger partial charge in [-0.1, -0.05) is 0 Å². The van der Waals surface area contributed by atoms with E-state index in [1.165, 1.54) is 0 Å². The van der Waals surface area contributed by atoms with Crippen LogP contribution in [0, 0.1) is 0 Å². The Labute approximate surface area is 134 Å². The molecule has 1 amide bonds. The number of aliphatic hydroxyl groups excluding tert-OH is 1. The van der Waals surface area contributed by atoms with Crippen LogP contribution in [-0.4, -0.2) is 63.3 Å². The summed E-state index contributed by atoms with van der Waals surface area (Å²) >= 11 is 0. The van der Waals surface area contributed by atoms with E-state index in [-0.39, 0.29) is 12.5 Å². The first-order valence-corrected chi connectivity index (χ1v) is 7.58. The van der Waals surface area contributed by atoms with Crippen molar-refractivity contribution in [1.29, 1.82) is 0 Å². The van der Waals surface area contributed by atoms with Gasteiger partial charge in [-0.15, -0.1) is 0 Å². The Morgan fingerprint density at radius 3 is 3.04 bits per heavy atom. The number of aromatic nitrogens is 3. The molecule has 122 valence electrons. The highest BCUT2D eigenvalue weighted by molar-refractivity contribution is 5.95. The van der Waals surface area contributed by atoms with Crippen LogP contribution in [0.25, 0.3) is 11.5 Å². The standard InChI is InChI=1S/C16H20N4O3/c1-23-16(11-21)4-2-8-20(10-16)15(22)12-3-5-17-13(9-12)14-18-6-7-19-14/h3,5-7,9,21H,2,4,8,10-11H2,1H3,(H,18,19). The number of ether oxygens (including phenoxy) is 1. The van der Waals surface area contributed by atoms with Gasteiger partial charge in [-0.3, -0.25) is 9.78 Å². The van der Waals surface area contributed by atoms with E-state index in [1.54, 1.807) is 42.7 Å². The molecule has 23 heavy (non-hydrogen) atoms. The molecule has 0 saturated carbocycles. The zero-order chi connectivity index (χ0) is 16.3. The predicted octanol–water partition coefficient (Wildman–Crippen LogP) is 1.09. The van der Waals surface area contributed by atoms with Gasteiger partial charge in [0, 0.05) is 37.8 Å². The first kappa shape index (κ1) is 15.6. The minimum atomic E-state index is -0.662. The average Bonchev–Trinajstić information content (AvgIpc) is 3.16. The molecule has 1 aliphatic heterocycles. The molecule has 1 unspecified atom stereocenters. The molecule has 7 nitrogen and oxygen atoms in total. The highest BCUT2D eigenvalue weighted by Crippen LogP contribution is 2.25. The van der Waals surface area contributed by atoms with E-state index in [0.29, 0.717) is 30.2 Å². The third kappa shape index (κ3) is 3.11. The fourth-order valence-electron chi connectivity index (χ4n) is 2.91. The van der Waals surface area contributed by atoms with Gasteiger partial charge < -0.3 is 19.7 Å². The number of amides is 1. The molecule has 1 atom stereocenters. The maximum atomic E-state index is 12.8. The number of pyridine rings is 1. The maximum Gasteiger partial charge on any atom is 0.254 e. The summed E-state index contributed by atoms with van der Waals surface area (Å²) in [7, 11) is 1.58. The van der Waals surface area contributed by atoms with Crippen molar-refractivity contribution in [1.82, 2.24) is 19.9 Å². The highest BCUT2D eigenvalue weighted by atomic mass is 16.5. The fraction of sp³-hybridized carbons (Fsp3) is 0.438. The Balaban J connectivity index is 1.82. The van der Waals surface area contributed by atoms with Crippen LogP contribution < -0.4 is 0 Å². The van der Waals surface area contributed by atoms with Crippen molar-refractivity contribution >= 4 is 5.91 Å². The minimum absolute atomic E-state index is 0.0882. The number of imidazole rings is 1. The van der Waals surface area contributed by atoms with Crippen LogP contribution in [0.4, 0.5) is 0 Å². The monoisotopic (exact) mass is 316 g/mol. The first-order chi connectivity index (χ1) is 11.2. The summed E-state index contributed by atoms with van der Waals surface area (Å²) in [6.07, 6.45) is 6.51. The first-order valence-electron chi connectivity index (χ1n) is 7.58. The van der Waals surface area contributed by atoms with Crippen molar-refractivity contribution in [2.75, 3.05) is 26.8 Å². The number of aliphatic hydroxyl groups is 1. The lowest BCUT2D eigenvalue weighted by molar-refractivity contribution is -0.0883. The Kier molecular flexibility index (Phi) is 4.40. The van der Waals surface area contributed by atoms with Gasteiger partial charge in [0.2, 0.25) is 0 Å². The summed E-state index contributed by atoms with van der Waals surface area (Å²) in [6, 6.07) is 3.42. The van der Waals surface area contributed by atoms with Gasteiger partial charge in [0.25, 0.3) is 5.91 Å². The molecule has 2 aromatic heterocycles. The topological polar surface area (TPSA) is 91.3 Å².